The maximum atomic E-state index is 12.4. The van der Waals surface area contributed by atoms with Crippen molar-refractivity contribution in [2.45, 2.75) is 63.4 Å². The highest BCUT2D eigenvalue weighted by Crippen LogP contribution is 2.04. The Balaban J connectivity index is 5.20. The van der Waals surface area contributed by atoms with E-state index in [1.165, 1.54) is 13.8 Å². The zero-order chi connectivity index (χ0) is 21.9. The third-order valence-electron chi connectivity index (χ3n) is 3.86. The van der Waals surface area contributed by atoms with Crippen LogP contribution in [-0.4, -0.2) is 82.4 Å². The fourth-order valence-corrected chi connectivity index (χ4v) is 2.17. The first kappa shape index (κ1) is 25.7. The Hall–Kier alpha value is -2.28. The number of rotatable bonds is 13. The second kappa shape index (κ2) is 13.0. The molecule has 0 aliphatic heterocycles. The first-order valence-corrected chi connectivity index (χ1v) is 8.93. The van der Waals surface area contributed by atoms with Gasteiger partial charge in [0.1, 0.15) is 12.1 Å². The van der Waals surface area contributed by atoms with Crippen LogP contribution in [0.1, 0.15) is 33.1 Å². The normalized spacial score (nSPS) is 16.2. The SMILES string of the molecule is C[C@H](N)C(=O)N[C@@H](CO)C(=O)N[C@@H](CCCCN)C(=O)N[C@H](C(=O)O)[C@@H](C)O. The number of aliphatic carboxylic acids is 1. The highest BCUT2D eigenvalue weighted by Gasteiger charge is 2.31. The minimum atomic E-state index is -1.56. The lowest BCUT2D eigenvalue weighted by Gasteiger charge is -2.25. The van der Waals surface area contributed by atoms with Crippen LogP contribution in [0.3, 0.4) is 0 Å². The van der Waals surface area contributed by atoms with Gasteiger partial charge in [-0.05, 0) is 39.7 Å². The third-order valence-corrected chi connectivity index (χ3v) is 3.86. The van der Waals surface area contributed by atoms with Gasteiger partial charge in [0.25, 0.3) is 0 Å². The molecule has 0 aromatic rings. The van der Waals surface area contributed by atoms with Crippen molar-refractivity contribution in [1.29, 1.82) is 0 Å². The van der Waals surface area contributed by atoms with Crippen LogP contribution in [-0.2, 0) is 19.2 Å². The molecule has 12 nitrogen and oxygen atoms in total. The van der Waals surface area contributed by atoms with Crippen LogP contribution >= 0.6 is 0 Å². The fraction of sp³-hybridized carbons (Fsp3) is 0.750. The average Bonchev–Trinajstić information content (AvgIpc) is 2.61. The van der Waals surface area contributed by atoms with E-state index in [1.807, 2.05) is 0 Å². The van der Waals surface area contributed by atoms with Crippen molar-refractivity contribution in [3.8, 4) is 0 Å². The van der Waals surface area contributed by atoms with Gasteiger partial charge >= 0.3 is 5.97 Å². The van der Waals surface area contributed by atoms with Crippen molar-refractivity contribution in [3.05, 3.63) is 0 Å². The minimum Gasteiger partial charge on any atom is -0.480 e. The van der Waals surface area contributed by atoms with E-state index >= 15 is 0 Å². The van der Waals surface area contributed by atoms with E-state index in [0.29, 0.717) is 19.4 Å². The molecule has 0 aliphatic carbocycles. The second-order valence-corrected chi connectivity index (χ2v) is 6.44. The Labute approximate surface area is 163 Å². The van der Waals surface area contributed by atoms with Gasteiger partial charge in [0, 0.05) is 0 Å². The molecule has 0 fully saturated rings. The molecule has 0 aliphatic rings. The Morgan fingerprint density at radius 3 is 1.89 bits per heavy atom. The van der Waals surface area contributed by atoms with Gasteiger partial charge in [-0.3, -0.25) is 14.4 Å². The first-order valence-electron chi connectivity index (χ1n) is 8.93. The van der Waals surface area contributed by atoms with Crippen molar-refractivity contribution in [3.63, 3.8) is 0 Å². The van der Waals surface area contributed by atoms with Crippen LogP contribution in [0.15, 0.2) is 0 Å². The number of carbonyl (C=O) groups excluding carboxylic acids is 3. The monoisotopic (exact) mass is 405 g/mol. The molecule has 5 atom stereocenters. The molecule has 162 valence electrons. The quantitative estimate of drug-likeness (QED) is 0.142. The number of nitrogens with two attached hydrogens (primary N) is 2. The summed E-state index contributed by atoms with van der Waals surface area (Å²) in [5.74, 6) is -3.77. The summed E-state index contributed by atoms with van der Waals surface area (Å²) in [5.41, 5.74) is 10.8. The molecule has 0 aromatic heterocycles. The molecule has 0 unspecified atom stereocenters. The van der Waals surface area contributed by atoms with Gasteiger partial charge in [-0.2, -0.15) is 0 Å². The molecule has 0 aromatic carbocycles. The molecule has 0 rings (SSSR count). The van der Waals surface area contributed by atoms with Crippen LogP contribution in [0.2, 0.25) is 0 Å². The highest BCUT2D eigenvalue weighted by atomic mass is 16.4. The minimum absolute atomic E-state index is 0.139. The topological polar surface area (TPSA) is 217 Å². The molecule has 0 heterocycles. The molecule has 0 spiro atoms. The predicted octanol–water partition coefficient (Wildman–Crippen LogP) is -3.63. The number of hydrogen-bond donors (Lipinski definition) is 8. The maximum absolute atomic E-state index is 12.4. The van der Waals surface area contributed by atoms with Crippen LogP contribution in [0.5, 0.6) is 0 Å². The Kier molecular flexibility index (Phi) is 11.9. The molecule has 0 bridgehead atoms. The average molecular weight is 405 g/mol. The number of hydrogen-bond acceptors (Lipinski definition) is 8. The number of aliphatic hydroxyl groups is 2. The van der Waals surface area contributed by atoms with Crippen LogP contribution in [0.4, 0.5) is 0 Å². The maximum Gasteiger partial charge on any atom is 0.328 e. The lowest BCUT2D eigenvalue weighted by Crippen LogP contribution is -2.58. The molecule has 3 amide bonds. The first-order chi connectivity index (χ1) is 13.0. The Morgan fingerprint density at radius 1 is 0.929 bits per heavy atom. The zero-order valence-corrected chi connectivity index (χ0v) is 16.1. The number of amides is 3. The smallest absolute Gasteiger partial charge is 0.328 e. The Bertz CT molecular complexity index is 541. The van der Waals surface area contributed by atoms with Gasteiger partial charge in [0.15, 0.2) is 6.04 Å². The van der Waals surface area contributed by atoms with E-state index in [-0.39, 0.29) is 6.42 Å². The fourth-order valence-electron chi connectivity index (χ4n) is 2.17. The second-order valence-electron chi connectivity index (χ2n) is 6.44. The number of aliphatic hydroxyl groups excluding tert-OH is 2. The number of carbonyl (C=O) groups is 4. The van der Waals surface area contributed by atoms with Crippen molar-refractivity contribution < 1.29 is 34.5 Å². The largest absolute Gasteiger partial charge is 0.480 e. The van der Waals surface area contributed by atoms with E-state index in [2.05, 4.69) is 16.0 Å². The van der Waals surface area contributed by atoms with Gasteiger partial charge in [-0.25, -0.2) is 4.79 Å². The number of nitrogens with one attached hydrogen (secondary N) is 3. The molecule has 0 saturated heterocycles. The van der Waals surface area contributed by atoms with Crippen molar-refractivity contribution in [2.24, 2.45) is 11.5 Å². The molecule has 10 N–H and O–H groups in total. The summed E-state index contributed by atoms with van der Waals surface area (Å²) in [6.07, 6.45) is -0.210. The summed E-state index contributed by atoms with van der Waals surface area (Å²) in [7, 11) is 0. The number of unbranched alkanes of at least 4 members (excludes halogenated alkanes) is 1. The molecule has 0 saturated carbocycles. The van der Waals surface area contributed by atoms with Gasteiger partial charge in [0.2, 0.25) is 17.7 Å². The number of carboxylic acids is 1. The summed E-state index contributed by atoms with van der Waals surface area (Å²) in [6, 6.07) is -4.96. The lowest BCUT2D eigenvalue weighted by molar-refractivity contribution is -0.145. The Morgan fingerprint density at radius 2 is 1.46 bits per heavy atom. The summed E-state index contributed by atoms with van der Waals surface area (Å²) >= 11 is 0. The van der Waals surface area contributed by atoms with Crippen molar-refractivity contribution >= 4 is 23.7 Å². The zero-order valence-electron chi connectivity index (χ0n) is 16.1. The van der Waals surface area contributed by atoms with Crippen LogP contribution < -0.4 is 27.4 Å². The predicted molar refractivity (Wildman–Crippen MR) is 98.7 cm³/mol. The standard InChI is InChI=1S/C16H31N5O7/c1-8(18)13(24)20-11(7-22)15(26)19-10(5-3-4-6-17)14(25)21-12(9(2)23)16(27)28/h8-12,22-23H,3-7,17-18H2,1-2H3,(H,19,26)(H,20,24)(H,21,25)(H,27,28)/t8-,9+,10-,11-,12-/m0/s1. The molecule has 0 radical (unpaired) electrons. The van der Waals surface area contributed by atoms with Gasteiger partial charge in [-0.1, -0.05) is 0 Å². The molecule has 28 heavy (non-hydrogen) atoms. The van der Waals surface area contributed by atoms with Gasteiger partial charge in [0.05, 0.1) is 18.8 Å². The van der Waals surface area contributed by atoms with E-state index in [0.717, 1.165) is 0 Å². The van der Waals surface area contributed by atoms with Crippen molar-refractivity contribution in [1.82, 2.24) is 16.0 Å². The molecule has 12 heteroatoms. The van der Waals surface area contributed by atoms with E-state index in [9.17, 15) is 29.4 Å². The summed E-state index contributed by atoms with van der Waals surface area (Å²) < 4.78 is 0. The van der Waals surface area contributed by atoms with E-state index in [4.69, 9.17) is 16.6 Å². The van der Waals surface area contributed by atoms with Crippen molar-refractivity contribution in [2.75, 3.05) is 13.2 Å². The third kappa shape index (κ3) is 9.08. The molecular weight excluding hydrogens is 374 g/mol. The van der Waals surface area contributed by atoms with E-state index < -0.39 is 60.6 Å². The summed E-state index contributed by atoms with van der Waals surface area (Å²) in [4.78, 5) is 47.5. The lowest BCUT2D eigenvalue weighted by atomic mass is 10.1. The highest BCUT2D eigenvalue weighted by molar-refractivity contribution is 5.94. The van der Waals surface area contributed by atoms with E-state index in [1.54, 1.807) is 0 Å². The summed E-state index contributed by atoms with van der Waals surface area (Å²) in [6.45, 7) is 2.23. The summed E-state index contributed by atoms with van der Waals surface area (Å²) in [5, 5.41) is 34.7. The van der Waals surface area contributed by atoms with Crippen LogP contribution in [0, 0.1) is 0 Å². The number of carboxylic acid groups (broad SMARTS) is 1. The van der Waals surface area contributed by atoms with Gasteiger partial charge < -0.3 is 42.7 Å². The molecular formula is C16H31N5O7. The van der Waals surface area contributed by atoms with Gasteiger partial charge in [-0.15, -0.1) is 0 Å². The van der Waals surface area contributed by atoms with Crippen LogP contribution in [0.25, 0.3) is 0 Å².